The highest BCUT2D eigenvalue weighted by Crippen LogP contribution is 2.39. The van der Waals surface area contributed by atoms with E-state index >= 15 is 0 Å². The van der Waals surface area contributed by atoms with Crippen LogP contribution >= 0.6 is 11.3 Å². The lowest BCUT2D eigenvalue weighted by Gasteiger charge is -2.35. The maximum atomic E-state index is 14.5. The zero-order chi connectivity index (χ0) is 26.3. The Hall–Kier alpha value is -2.97. The molecular weight excluding hydrogens is 468 g/mol. The van der Waals surface area contributed by atoms with Crippen LogP contribution in [0.1, 0.15) is 63.3 Å². The number of carbonyl (C=O) groups is 1. The average Bonchev–Trinajstić information content (AvgIpc) is 3.39. The van der Waals surface area contributed by atoms with Gasteiger partial charge in [0.1, 0.15) is 5.69 Å². The number of aromatic nitrogens is 1. The van der Waals surface area contributed by atoms with Crippen molar-refractivity contribution in [3.05, 3.63) is 68.0 Å². The Morgan fingerprint density at radius 2 is 1.91 bits per heavy atom. The molecule has 2 aromatic heterocycles. The number of halogens is 2. The van der Waals surface area contributed by atoms with Crippen molar-refractivity contribution in [1.82, 2.24) is 9.88 Å². The molecule has 1 amide bonds. The first-order chi connectivity index (χ1) is 16.7. The summed E-state index contributed by atoms with van der Waals surface area (Å²) in [5.41, 5.74) is 1.68. The van der Waals surface area contributed by atoms with Crippen molar-refractivity contribution in [2.75, 3.05) is 19.0 Å². The normalized spacial score (nSPS) is 14.2. The molecule has 8 heteroatoms. The minimum absolute atomic E-state index is 0.0516. The Balaban J connectivity index is 0.00000103. The molecule has 0 bridgehead atoms. The summed E-state index contributed by atoms with van der Waals surface area (Å²) in [5.74, 6) is -2.27. The van der Waals surface area contributed by atoms with Crippen LogP contribution in [0.25, 0.3) is 12.7 Å². The van der Waals surface area contributed by atoms with E-state index in [0.717, 1.165) is 21.5 Å². The van der Waals surface area contributed by atoms with Crippen LogP contribution in [0.3, 0.4) is 0 Å². The number of amides is 1. The van der Waals surface area contributed by atoms with Gasteiger partial charge in [-0.1, -0.05) is 40.3 Å². The van der Waals surface area contributed by atoms with E-state index in [0.29, 0.717) is 23.5 Å². The third-order valence-electron chi connectivity index (χ3n) is 5.36. The summed E-state index contributed by atoms with van der Waals surface area (Å²) in [6.45, 7) is 16.7. The molecule has 0 radical (unpaired) electrons. The van der Waals surface area contributed by atoms with E-state index in [2.05, 4.69) is 17.2 Å². The molecule has 0 spiro atoms. The number of methoxy groups -OCH3 is 1. The molecule has 0 atom stereocenters. The van der Waals surface area contributed by atoms with Crippen molar-refractivity contribution in [2.45, 2.75) is 53.7 Å². The Labute approximate surface area is 210 Å². The van der Waals surface area contributed by atoms with Gasteiger partial charge in [0, 0.05) is 23.8 Å². The van der Waals surface area contributed by atoms with Gasteiger partial charge in [0.05, 0.1) is 29.2 Å². The second-order valence-electron chi connectivity index (χ2n) is 8.03. The molecule has 1 aliphatic rings. The summed E-state index contributed by atoms with van der Waals surface area (Å²) >= 11 is 1.51. The van der Waals surface area contributed by atoms with Crippen LogP contribution < -0.4 is 20.4 Å². The van der Waals surface area contributed by atoms with Crippen molar-refractivity contribution < 1.29 is 18.3 Å². The minimum Gasteiger partial charge on any atom is -0.378 e. The molecule has 3 aromatic rings. The molecule has 35 heavy (non-hydrogen) atoms. The highest BCUT2D eigenvalue weighted by molar-refractivity contribution is 7.07. The van der Waals surface area contributed by atoms with Crippen molar-refractivity contribution in [2.24, 2.45) is 0 Å². The molecule has 4 rings (SSSR count). The van der Waals surface area contributed by atoms with E-state index in [4.69, 9.17) is 4.74 Å². The molecule has 190 valence electrons. The number of hydrogen-bond acceptors (Lipinski definition) is 4. The van der Waals surface area contributed by atoms with Gasteiger partial charge < -0.3 is 19.9 Å². The topological polar surface area (TPSA) is 55.3 Å². The van der Waals surface area contributed by atoms with Crippen LogP contribution in [-0.4, -0.2) is 24.1 Å². The molecule has 0 saturated heterocycles. The molecule has 5 nitrogen and oxygen atoms in total. The Kier molecular flexibility index (Phi) is 9.80. The summed E-state index contributed by atoms with van der Waals surface area (Å²) in [6.07, 6.45) is 1.91. The lowest BCUT2D eigenvalue weighted by atomic mass is 10.0. The highest BCUT2D eigenvalue weighted by atomic mass is 32.1. The predicted octanol–water partition coefficient (Wildman–Crippen LogP) is 5.49. The maximum absolute atomic E-state index is 14.5. The van der Waals surface area contributed by atoms with E-state index < -0.39 is 17.2 Å². The first-order valence-corrected chi connectivity index (χ1v) is 12.6. The van der Waals surface area contributed by atoms with Crippen LogP contribution in [-0.2, 0) is 16.9 Å². The zero-order valence-corrected chi connectivity index (χ0v) is 22.3. The standard InChI is InChI=1S/C23H23F2N3O2S.2C2H6/c1-13-8-9-31-18(13)10-14-17(11-30-4)28-21(22(29)26-12-23(28,2)3)20(14)27-16-7-5-6-15(24)19(16)25;2*1-2/h5-10,27H,1,11-12H2,2-4H3,(H,26,29);2*1-2H3/b18-10-;;. The van der Waals surface area contributed by atoms with Crippen molar-refractivity contribution in [3.63, 3.8) is 0 Å². The summed E-state index contributed by atoms with van der Waals surface area (Å²) in [6, 6.07) is 5.81. The quantitative estimate of drug-likeness (QED) is 0.484. The second-order valence-corrected chi connectivity index (χ2v) is 8.98. The maximum Gasteiger partial charge on any atom is 0.270 e. The Bertz CT molecular complexity index is 1280. The number of rotatable bonds is 5. The minimum atomic E-state index is -1.01. The van der Waals surface area contributed by atoms with Gasteiger partial charge in [-0.3, -0.25) is 4.79 Å². The fourth-order valence-corrected chi connectivity index (χ4v) is 4.67. The Morgan fingerprint density at radius 1 is 1.23 bits per heavy atom. The first kappa shape index (κ1) is 28.3. The van der Waals surface area contributed by atoms with E-state index in [9.17, 15) is 13.6 Å². The van der Waals surface area contributed by atoms with E-state index in [-0.39, 0.29) is 18.2 Å². The summed E-state index contributed by atoms with van der Waals surface area (Å²) in [4.78, 5) is 13.0. The molecule has 3 heterocycles. The Morgan fingerprint density at radius 3 is 2.51 bits per heavy atom. The van der Waals surface area contributed by atoms with Crippen LogP contribution in [0.15, 0.2) is 29.6 Å². The smallest absolute Gasteiger partial charge is 0.270 e. The van der Waals surface area contributed by atoms with Crippen molar-refractivity contribution in [3.8, 4) is 0 Å². The van der Waals surface area contributed by atoms with E-state index in [1.54, 1.807) is 7.11 Å². The van der Waals surface area contributed by atoms with Crippen LogP contribution in [0.4, 0.5) is 20.2 Å². The first-order valence-electron chi connectivity index (χ1n) is 11.7. The van der Waals surface area contributed by atoms with Gasteiger partial charge in [0.25, 0.3) is 5.91 Å². The SMILES string of the molecule is C=c1ccs/c1=C\c1c(Nc2cccc(F)c2F)c2n(c1COC)C(C)(C)CNC2=O.CC.CC. The monoisotopic (exact) mass is 503 g/mol. The summed E-state index contributed by atoms with van der Waals surface area (Å²) in [5, 5.41) is 8.65. The third-order valence-corrected chi connectivity index (χ3v) is 6.27. The molecule has 0 saturated carbocycles. The van der Waals surface area contributed by atoms with Gasteiger partial charge >= 0.3 is 0 Å². The second kappa shape index (κ2) is 12.1. The van der Waals surface area contributed by atoms with Gasteiger partial charge in [-0.15, -0.1) is 11.3 Å². The van der Waals surface area contributed by atoms with Crippen molar-refractivity contribution in [1.29, 1.82) is 0 Å². The molecular formula is C27H35F2N3O2S. The number of benzene rings is 1. The zero-order valence-electron chi connectivity index (χ0n) is 21.5. The molecule has 0 fully saturated rings. The fraction of sp³-hybridized carbons (Fsp3) is 0.370. The van der Waals surface area contributed by atoms with Gasteiger partial charge in [-0.25, -0.2) is 8.78 Å². The number of anilines is 2. The van der Waals surface area contributed by atoms with Gasteiger partial charge in [0.2, 0.25) is 0 Å². The number of fused-ring (bicyclic) bond motifs is 1. The fourth-order valence-electron chi connectivity index (χ4n) is 3.88. The van der Waals surface area contributed by atoms with Crippen LogP contribution in [0, 0.1) is 11.6 Å². The van der Waals surface area contributed by atoms with Crippen LogP contribution in [0.2, 0.25) is 0 Å². The number of carbonyl (C=O) groups excluding carboxylic acids is 1. The molecule has 1 aromatic carbocycles. The number of nitrogens with zero attached hydrogens (tertiary/aromatic N) is 1. The predicted molar refractivity (Wildman–Crippen MR) is 142 cm³/mol. The lowest BCUT2D eigenvalue weighted by molar-refractivity contribution is 0.0879. The average molecular weight is 504 g/mol. The highest BCUT2D eigenvalue weighted by Gasteiger charge is 2.38. The van der Waals surface area contributed by atoms with E-state index in [1.807, 2.05) is 63.6 Å². The summed E-state index contributed by atoms with van der Waals surface area (Å²) in [7, 11) is 1.58. The number of thiophene rings is 1. The van der Waals surface area contributed by atoms with Gasteiger partial charge in [0.15, 0.2) is 11.6 Å². The molecule has 1 aliphatic heterocycles. The van der Waals surface area contributed by atoms with Crippen LogP contribution in [0.5, 0.6) is 0 Å². The van der Waals surface area contributed by atoms with Gasteiger partial charge in [-0.05, 0) is 48.7 Å². The number of hydrogen-bond donors (Lipinski definition) is 2. The lowest BCUT2D eigenvalue weighted by Crippen LogP contribution is -2.48. The molecule has 0 aliphatic carbocycles. The summed E-state index contributed by atoms with van der Waals surface area (Å²) < 4.78 is 36.7. The van der Waals surface area contributed by atoms with Crippen molar-refractivity contribution >= 4 is 41.3 Å². The van der Waals surface area contributed by atoms with E-state index in [1.165, 1.54) is 23.5 Å². The third kappa shape index (κ3) is 5.65. The van der Waals surface area contributed by atoms with Gasteiger partial charge in [-0.2, -0.15) is 0 Å². The number of nitrogens with one attached hydrogen (secondary N) is 2. The largest absolute Gasteiger partial charge is 0.378 e. The molecule has 0 unspecified atom stereocenters. The molecule has 2 N–H and O–H groups in total. The number of ether oxygens (including phenoxy) is 1.